The number of thiophene rings is 1. The predicted molar refractivity (Wildman–Crippen MR) is 84.8 cm³/mol. The lowest BCUT2D eigenvalue weighted by molar-refractivity contribution is 0.779. The minimum absolute atomic E-state index is 0.356. The van der Waals surface area contributed by atoms with Crippen molar-refractivity contribution in [1.29, 1.82) is 0 Å². The molecule has 0 bridgehead atoms. The summed E-state index contributed by atoms with van der Waals surface area (Å²) in [6, 6.07) is 6.55. The predicted octanol–water partition coefficient (Wildman–Crippen LogP) is 4.30. The summed E-state index contributed by atoms with van der Waals surface area (Å²) in [5.41, 5.74) is 0. The Balaban J connectivity index is 2.01. The smallest absolute Gasteiger partial charge is 0.132 e. The minimum Gasteiger partial charge on any atom is -0.367 e. The van der Waals surface area contributed by atoms with Crippen molar-refractivity contribution >= 4 is 33.1 Å². The van der Waals surface area contributed by atoms with E-state index in [9.17, 15) is 0 Å². The molecule has 0 amide bonds. The number of hydrogen-bond acceptors (Lipinski definition) is 4. The molecule has 2 aromatic rings. The second kappa shape index (κ2) is 7.01. The number of hydrogen-bond donors (Lipinski definition) is 1. The lowest BCUT2D eigenvalue weighted by Crippen LogP contribution is -2.19. The Labute approximate surface area is 126 Å². The second-order valence-corrected chi connectivity index (χ2v) is 6.42. The second-order valence-electron chi connectivity index (χ2n) is 4.57. The molecule has 1 atom stereocenters. The maximum Gasteiger partial charge on any atom is 0.132 e. The first kappa shape index (κ1) is 14.5. The van der Waals surface area contributed by atoms with E-state index in [1.54, 1.807) is 11.3 Å². The molecular weight excluding hydrogens is 322 g/mol. The number of rotatable bonds is 6. The Kier molecular flexibility index (Phi) is 5.34. The van der Waals surface area contributed by atoms with Crippen molar-refractivity contribution in [3.05, 3.63) is 38.9 Å². The van der Waals surface area contributed by atoms with E-state index in [4.69, 9.17) is 0 Å². The molecule has 0 saturated heterocycles. The van der Waals surface area contributed by atoms with Gasteiger partial charge in [-0.25, -0.2) is 9.97 Å². The summed E-state index contributed by atoms with van der Waals surface area (Å²) in [7, 11) is 0. The van der Waals surface area contributed by atoms with Gasteiger partial charge < -0.3 is 5.32 Å². The molecule has 0 radical (unpaired) electrons. The van der Waals surface area contributed by atoms with Gasteiger partial charge in [-0.1, -0.05) is 13.0 Å². The van der Waals surface area contributed by atoms with Crippen LogP contribution in [0.5, 0.6) is 0 Å². The summed E-state index contributed by atoms with van der Waals surface area (Å²) in [6.45, 7) is 4.31. The highest BCUT2D eigenvalue weighted by Crippen LogP contribution is 2.17. The van der Waals surface area contributed by atoms with Crippen LogP contribution in [0.2, 0.25) is 0 Å². The summed E-state index contributed by atoms with van der Waals surface area (Å²) in [5.74, 6) is 1.79. The Morgan fingerprint density at radius 1 is 1.42 bits per heavy atom. The van der Waals surface area contributed by atoms with Crippen LogP contribution in [0.4, 0.5) is 5.82 Å². The summed E-state index contributed by atoms with van der Waals surface area (Å²) in [6.07, 6.45) is 2.98. The Hall–Kier alpha value is -0.940. The van der Waals surface area contributed by atoms with Gasteiger partial charge in [-0.2, -0.15) is 0 Å². The molecule has 0 aliphatic heterocycles. The molecule has 1 unspecified atom stereocenters. The minimum atomic E-state index is 0.356. The normalized spacial score (nSPS) is 12.4. The van der Waals surface area contributed by atoms with E-state index in [0.717, 1.165) is 35.5 Å². The van der Waals surface area contributed by atoms with E-state index in [1.165, 1.54) is 4.88 Å². The molecule has 2 rings (SSSR count). The highest BCUT2D eigenvalue weighted by molar-refractivity contribution is 9.10. The van der Waals surface area contributed by atoms with Gasteiger partial charge in [-0.05, 0) is 40.7 Å². The molecule has 102 valence electrons. The van der Waals surface area contributed by atoms with Gasteiger partial charge in [-0.3, -0.25) is 0 Å². The van der Waals surface area contributed by atoms with E-state index in [0.29, 0.717) is 6.04 Å². The quantitative estimate of drug-likeness (QED) is 0.797. The van der Waals surface area contributed by atoms with Gasteiger partial charge in [0.1, 0.15) is 16.2 Å². The molecule has 0 aliphatic rings. The van der Waals surface area contributed by atoms with Crippen molar-refractivity contribution < 1.29 is 0 Å². The van der Waals surface area contributed by atoms with E-state index < -0.39 is 0 Å². The largest absolute Gasteiger partial charge is 0.367 e. The Morgan fingerprint density at radius 3 is 2.95 bits per heavy atom. The molecule has 0 aromatic carbocycles. The highest BCUT2D eigenvalue weighted by Gasteiger charge is 2.07. The fourth-order valence-corrected chi connectivity index (χ4v) is 3.16. The van der Waals surface area contributed by atoms with Crippen molar-refractivity contribution in [1.82, 2.24) is 9.97 Å². The van der Waals surface area contributed by atoms with Gasteiger partial charge in [0.25, 0.3) is 0 Å². The van der Waals surface area contributed by atoms with Crippen LogP contribution < -0.4 is 5.32 Å². The molecule has 2 aromatic heterocycles. The number of aromatic nitrogens is 2. The molecule has 5 heteroatoms. The molecule has 3 nitrogen and oxygen atoms in total. The van der Waals surface area contributed by atoms with Crippen LogP contribution in [0.1, 0.15) is 31.0 Å². The molecule has 0 spiro atoms. The van der Waals surface area contributed by atoms with Crippen LogP contribution in [0.3, 0.4) is 0 Å². The van der Waals surface area contributed by atoms with Crippen LogP contribution in [0.15, 0.2) is 28.2 Å². The monoisotopic (exact) mass is 339 g/mol. The summed E-state index contributed by atoms with van der Waals surface area (Å²) in [5, 5.41) is 5.56. The molecule has 19 heavy (non-hydrogen) atoms. The molecule has 0 fully saturated rings. The Morgan fingerprint density at radius 2 is 2.26 bits per heavy atom. The first-order chi connectivity index (χ1) is 9.17. The topological polar surface area (TPSA) is 37.8 Å². The first-order valence-electron chi connectivity index (χ1n) is 6.49. The van der Waals surface area contributed by atoms with Gasteiger partial charge in [0, 0.05) is 29.8 Å². The van der Waals surface area contributed by atoms with Crippen molar-refractivity contribution in [3.8, 4) is 0 Å². The highest BCUT2D eigenvalue weighted by atomic mass is 79.9. The van der Waals surface area contributed by atoms with Gasteiger partial charge in [0.05, 0.1) is 0 Å². The maximum atomic E-state index is 4.54. The van der Waals surface area contributed by atoms with Crippen LogP contribution in [-0.4, -0.2) is 16.0 Å². The van der Waals surface area contributed by atoms with Crippen LogP contribution in [-0.2, 0) is 12.8 Å². The average molecular weight is 340 g/mol. The zero-order chi connectivity index (χ0) is 13.7. The molecule has 0 saturated carbocycles. The number of nitrogens with one attached hydrogen (secondary N) is 1. The summed E-state index contributed by atoms with van der Waals surface area (Å²) in [4.78, 5) is 10.3. The van der Waals surface area contributed by atoms with Crippen molar-refractivity contribution in [2.24, 2.45) is 0 Å². The molecule has 0 aliphatic carbocycles. The van der Waals surface area contributed by atoms with E-state index in [1.807, 2.05) is 6.07 Å². The maximum absolute atomic E-state index is 4.54. The van der Waals surface area contributed by atoms with E-state index in [2.05, 4.69) is 62.6 Å². The van der Waals surface area contributed by atoms with E-state index in [-0.39, 0.29) is 0 Å². The zero-order valence-corrected chi connectivity index (χ0v) is 13.6. The van der Waals surface area contributed by atoms with E-state index >= 15 is 0 Å². The van der Waals surface area contributed by atoms with Crippen LogP contribution >= 0.6 is 27.3 Å². The van der Waals surface area contributed by atoms with Crippen LogP contribution in [0.25, 0.3) is 0 Å². The average Bonchev–Trinajstić information content (AvgIpc) is 2.81. The third kappa shape index (κ3) is 4.58. The summed E-state index contributed by atoms with van der Waals surface area (Å²) >= 11 is 5.24. The summed E-state index contributed by atoms with van der Waals surface area (Å²) < 4.78 is 0.844. The zero-order valence-electron chi connectivity index (χ0n) is 11.2. The number of halogens is 1. The fraction of sp³-hybridized carbons (Fsp3) is 0.429. The first-order valence-corrected chi connectivity index (χ1v) is 8.17. The van der Waals surface area contributed by atoms with Crippen molar-refractivity contribution in [3.63, 3.8) is 0 Å². The van der Waals surface area contributed by atoms with Gasteiger partial charge in [0.2, 0.25) is 0 Å². The van der Waals surface area contributed by atoms with Gasteiger partial charge >= 0.3 is 0 Å². The fourth-order valence-electron chi connectivity index (χ4n) is 1.91. The Bertz CT molecular complexity index is 513. The van der Waals surface area contributed by atoms with Gasteiger partial charge in [-0.15, -0.1) is 11.3 Å². The standard InChI is InChI=1S/C14H18BrN3S/c1-3-5-13-17-12(15)9-14(18-13)16-10(2)8-11-6-4-7-19-11/h4,6-7,9-10H,3,5,8H2,1-2H3,(H,16,17,18). The van der Waals surface area contributed by atoms with Crippen LogP contribution in [0, 0.1) is 0 Å². The van der Waals surface area contributed by atoms with Crippen molar-refractivity contribution in [2.45, 2.75) is 39.2 Å². The number of nitrogens with zero attached hydrogens (tertiary/aromatic N) is 2. The molecule has 1 N–H and O–H groups in total. The number of anilines is 1. The lowest BCUT2D eigenvalue weighted by Gasteiger charge is -2.14. The van der Waals surface area contributed by atoms with Crippen molar-refractivity contribution in [2.75, 3.05) is 5.32 Å². The SMILES string of the molecule is CCCc1nc(Br)cc(NC(C)Cc2cccs2)n1. The third-order valence-electron chi connectivity index (χ3n) is 2.70. The molecular formula is C14H18BrN3S. The third-order valence-corrected chi connectivity index (χ3v) is 4.00. The lowest BCUT2D eigenvalue weighted by atomic mass is 10.2. The molecule has 2 heterocycles. The number of aryl methyl sites for hydroxylation is 1. The van der Waals surface area contributed by atoms with Gasteiger partial charge in [0.15, 0.2) is 0 Å².